The first-order valence-electron chi connectivity index (χ1n) is 6.89. The average Bonchev–Trinajstić information content (AvgIpc) is 2.85. The standard InChI is InChI=1S/C16H17Cl2N3OS/c1-9(2)21-8-13(12-5-4-11(17)6-14(12)21)16(22)20-10(3)23-15(18)7-19/h4-9H,3,19H2,1-2H3,(H,20,22)/b15-7-. The van der Waals surface area contributed by atoms with E-state index in [2.05, 4.69) is 11.9 Å². The summed E-state index contributed by atoms with van der Waals surface area (Å²) in [5, 5.41) is 4.59. The van der Waals surface area contributed by atoms with Crippen molar-refractivity contribution < 1.29 is 4.79 Å². The molecule has 0 spiro atoms. The Labute approximate surface area is 149 Å². The first kappa shape index (κ1) is 17.8. The summed E-state index contributed by atoms with van der Waals surface area (Å²) < 4.78 is 2.35. The molecule has 0 saturated heterocycles. The Morgan fingerprint density at radius 1 is 1.48 bits per heavy atom. The van der Waals surface area contributed by atoms with E-state index >= 15 is 0 Å². The summed E-state index contributed by atoms with van der Waals surface area (Å²) in [6.45, 7) is 7.86. The lowest BCUT2D eigenvalue weighted by Crippen LogP contribution is -2.20. The van der Waals surface area contributed by atoms with Crippen molar-refractivity contribution in [1.82, 2.24) is 9.88 Å². The smallest absolute Gasteiger partial charge is 0.258 e. The third kappa shape index (κ3) is 4.05. The summed E-state index contributed by atoms with van der Waals surface area (Å²) in [7, 11) is 0. The fourth-order valence-corrected chi connectivity index (χ4v) is 3.10. The van der Waals surface area contributed by atoms with E-state index in [1.807, 2.05) is 36.7 Å². The molecule has 23 heavy (non-hydrogen) atoms. The van der Waals surface area contributed by atoms with Gasteiger partial charge >= 0.3 is 0 Å². The number of nitrogens with two attached hydrogens (primary N) is 1. The van der Waals surface area contributed by atoms with Gasteiger partial charge in [-0.3, -0.25) is 4.79 Å². The molecule has 0 atom stereocenters. The van der Waals surface area contributed by atoms with Crippen molar-refractivity contribution in [2.24, 2.45) is 5.73 Å². The lowest BCUT2D eigenvalue weighted by Gasteiger charge is -2.08. The van der Waals surface area contributed by atoms with Crippen LogP contribution in [0.4, 0.5) is 0 Å². The molecule has 4 nitrogen and oxygen atoms in total. The number of hydrogen-bond acceptors (Lipinski definition) is 3. The number of carbonyl (C=O) groups excluding carboxylic acids is 1. The molecule has 1 amide bonds. The number of nitrogens with one attached hydrogen (secondary N) is 1. The molecule has 0 bridgehead atoms. The summed E-state index contributed by atoms with van der Waals surface area (Å²) in [6, 6.07) is 5.66. The summed E-state index contributed by atoms with van der Waals surface area (Å²) in [4.78, 5) is 12.5. The predicted octanol–water partition coefficient (Wildman–Crippen LogP) is 4.81. The average molecular weight is 370 g/mol. The molecule has 3 N–H and O–H groups in total. The Hall–Kier alpha value is -1.56. The Balaban J connectivity index is 2.36. The van der Waals surface area contributed by atoms with Gasteiger partial charge in [0.05, 0.1) is 20.5 Å². The summed E-state index contributed by atoms with van der Waals surface area (Å²) in [5.74, 6) is -0.254. The van der Waals surface area contributed by atoms with Crippen LogP contribution in [0.1, 0.15) is 30.2 Å². The largest absolute Gasteiger partial charge is 0.403 e. The minimum atomic E-state index is -0.254. The van der Waals surface area contributed by atoms with Crippen LogP contribution < -0.4 is 11.1 Å². The molecule has 1 heterocycles. The molecule has 1 aromatic heterocycles. The SMILES string of the molecule is C=C(NC(=O)c1cn(C(C)C)c2cc(Cl)ccc12)S/C(Cl)=C\N. The predicted molar refractivity (Wildman–Crippen MR) is 99.7 cm³/mol. The maximum absolute atomic E-state index is 12.5. The van der Waals surface area contributed by atoms with E-state index in [0.717, 1.165) is 22.7 Å². The molecule has 2 aromatic rings. The second kappa shape index (κ2) is 7.34. The first-order chi connectivity index (χ1) is 10.8. The quantitative estimate of drug-likeness (QED) is 0.794. The topological polar surface area (TPSA) is 60.0 Å². The number of rotatable bonds is 5. The third-order valence-corrected chi connectivity index (χ3v) is 4.47. The molecule has 0 fully saturated rings. The van der Waals surface area contributed by atoms with E-state index in [0.29, 0.717) is 20.0 Å². The van der Waals surface area contributed by atoms with E-state index in [1.165, 1.54) is 6.20 Å². The second-order valence-electron chi connectivity index (χ2n) is 5.16. The zero-order valence-electron chi connectivity index (χ0n) is 12.8. The van der Waals surface area contributed by atoms with Gasteiger partial charge in [-0.15, -0.1) is 0 Å². The monoisotopic (exact) mass is 369 g/mol. The van der Waals surface area contributed by atoms with Crippen molar-refractivity contribution in [2.45, 2.75) is 19.9 Å². The van der Waals surface area contributed by atoms with Gasteiger partial charge in [-0.2, -0.15) is 0 Å². The van der Waals surface area contributed by atoms with Crippen LogP contribution >= 0.6 is 35.0 Å². The molecule has 0 radical (unpaired) electrons. The molecular formula is C16H17Cl2N3OS. The van der Waals surface area contributed by atoms with E-state index in [9.17, 15) is 4.79 Å². The maximum Gasteiger partial charge on any atom is 0.258 e. The van der Waals surface area contributed by atoms with Crippen LogP contribution in [0.2, 0.25) is 5.02 Å². The van der Waals surface area contributed by atoms with Crippen molar-refractivity contribution in [3.8, 4) is 0 Å². The van der Waals surface area contributed by atoms with Crippen LogP contribution in [-0.2, 0) is 0 Å². The summed E-state index contributed by atoms with van der Waals surface area (Å²) in [5.41, 5.74) is 6.77. The Bertz CT molecular complexity index is 796. The van der Waals surface area contributed by atoms with Gasteiger partial charge < -0.3 is 15.6 Å². The summed E-state index contributed by atoms with van der Waals surface area (Å²) in [6.07, 6.45) is 3.06. The Morgan fingerprint density at radius 3 is 2.78 bits per heavy atom. The van der Waals surface area contributed by atoms with Crippen molar-refractivity contribution in [3.63, 3.8) is 0 Å². The minimum Gasteiger partial charge on any atom is -0.403 e. The Morgan fingerprint density at radius 2 is 2.17 bits per heavy atom. The number of amides is 1. The third-order valence-electron chi connectivity index (χ3n) is 3.20. The van der Waals surface area contributed by atoms with Crippen LogP contribution in [0.25, 0.3) is 10.9 Å². The van der Waals surface area contributed by atoms with Crippen molar-refractivity contribution in [2.75, 3.05) is 0 Å². The number of thioether (sulfide) groups is 1. The van der Waals surface area contributed by atoms with Crippen molar-refractivity contribution >= 4 is 51.8 Å². The molecular weight excluding hydrogens is 353 g/mol. The molecule has 0 aliphatic rings. The number of fused-ring (bicyclic) bond motifs is 1. The van der Waals surface area contributed by atoms with E-state index in [-0.39, 0.29) is 11.9 Å². The van der Waals surface area contributed by atoms with Crippen molar-refractivity contribution in [3.05, 3.63) is 57.2 Å². The first-order valence-corrected chi connectivity index (χ1v) is 8.46. The van der Waals surface area contributed by atoms with Crippen LogP contribution in [0.5, 0.6) is 0 Å². The van der Waals surface area contributed by atoms with E-state index in [4.69, 9.17) is 28.9 Å². The fourth-order valence-electron chi connectivity index (χ4n) is 2.20. The van der Waals surface area contributed by atoms with Crippen LogP contribution in [0, 0.1) is 0 Å². The molecule has 2 rings (SSSR count). The number of benzene rings is 1. The lowest BCUT2D eigenvalue weighted by atomic mass is 10.1. The highest BCUT2D eigenvalue weighted by atomic mass is 35.5. The van der Waals surface area contributed by atoms with Gasteiger partial charge in [0.2, 0.25) is 0 Å². The van der Waals surface area contributed by atoms with Gasteiger partial charge in [-0.1, -0.05) is 47.6 Å². The highest BCUT2D eigenvalue weighted by Crippen LogP contribution is 2.29. The molecule has 1 aromatic carbocycles. The van der Waals surface area contributed by atoms with Gasteiger partial charge in [-0.05, 0) is 26.0 Å². The number of hydrogen-bond donors (Lipinski definition) is 2. The number of carbonyl (C=O) groups is 1. The normalized spacial score (nSPS) is 12.0. The number of halogens is 2. The van der Waals surface area contributed by atoms with Crippen LogP contribution in [0.15, 0.2) is 46.6 Å². The molecule has 7 heteroatoms. The molecule has 0 aliphatic heterocycles. The second-order valence-corrected chi connectivity index (χ2v) is 7.36. The van der Waals surface area contributed by atoms with E-state index < -0.39 is 0 Å². The highest BCUT2D eigenvalue weighted by Gasteiger charge is 2.17. The number of aromatic nitrogens is 1. The van der Waals surface area contributed by atoms with Crippen LogP contribution in [-0.4, -0.2) is 10.5 Å². The fraction of sp³-hybridized carbons (Fsp3) is 0.188. The zero-order chi connectivity index (χ0) is 17.1. The highest BCUT2D eigenvalue weighted by molar-refractivity contribution is 8.08. The van der Waals surface area contributed by atoms with Gasteiger partial charge in [0, 0.05) is 28.8 Å². The molecule has 0 aliphatic carbocycles. The molecule has 0 saturated carbocycles. The number of nitrogens with zero attached hydrogens (tertiary/aromatic N) is 1. The van der Waals surface area contributed by atoms with Crippen molar-refractivity contribution in [1.29, 1.82) is 0 Å². The van der Waals surface area contributed by atoms with Gasteiger partial charge in [0.25, 0.3) is 5.91 Å². The minimum absolute atomic E-state index is 0.199. The van der Waals surface area contributed by atoms with E-state index in [1.54, 1.807) is 6.07 Å². The molecule has 0 unspecified atom stereocenters. The molecule has 122 valence electrons. The Kier molecular flexibility index (Phi) is 5.68. The van der Waals surface area contributed by atoms with Gasteiger partial charge in [0.15, 0.2) is 0 Å². The lowest BCUT2D eigenvalue weighted by molar-refractivity contribution is 0.0970. The van der Waals surface area contributed by atoms with Gasteiger partial charge in [0.1, 0.15) is 0 Å². The zero-order valence-corrected chi connectivity index (χ0v) is 15.1. The maximum atomic E-state index is 12.5. The van der Waals surface area contributed by atoms with Crippen LogP contribution in [0.3, 0.4) is 0 Å². The van der Waals surface area contributed by atoms with Gasteiger partial charge in [-0.25, -0.2) is 0 Å². The summed E-state index contributed by atoms with van der Waals surface area (Å²) >= 11 is 13.0.